The molecule has 0 aromatic heterocycles. The van der Waals surface area contributed by atoms with Crippen molar-refractivity contribution in [3.8, 4) is 0 Å². The highest BCUT2D eigenvalue weighted by Crippen LogP contribution is 2.21. The summed E-state index contributed by atoms with van der Waals surface area (Å²) < 4.78 is 5.44. The van der Waals surface area contributed by atoms with Gasteiger partial charge in [0.05, 0.1) is 19.1 Å². The molecule has 1 N–H and O–H groups in total. The quantitative estimate of drug-likeness (QED) is 0.896. The lowest BCUT2D eigenvalue weighted by atomic mass is 10.0. The summed E-state index contributed by atoms with van der Waals surface area (Å²) in [5, 5.41) is 3.32. The molecule has 104 valence electrons. The smallest absolute Gasteiger partial charge is 0.233 e. The van der Waals surface area contributed by atoms with Gasteiger partial charge in [-0.05, 0) is 25.6 Å². The lowest BCUT2D eigenvalue weighted by Gasteiger charge is -2.24. The molecule has 1 heterocycles. The van der Waals surface area contributed by atoms with E-state index in [0.29, 0.717) is 13.2 Å². The van der Waals surface area contributed by atoms with Crippen LogP contribution in [0.15, 0.2) is 24.3 Å². The van der Waals surface area contributed by atoms with Gasteiger partial charge in [-0.1, -0.05) is 24.6 Å². The molecule has 1 fully saturated rings. The number of carbonyl (C=O) groups is 1. The van der Waals surface area contributed by atoms with E-state index in [1.165, 1.54) is 5.56 Å². The number of carbonyl (C=O) groups excluding carboxylic acids is 1. The first kappa shape index (κ1) is 14.0. The number of nitrogens with zero attached hydrogens (tertiary/aromatic N) is 1. The lowest BCUT2D eigenvalue weighted by Crippen LogP contribution is -2.44. The Labute approximate surface area is 114 Å². The maximum Gasteiger partial charge on any atom is 0.233 e. The first-order valence-electron chi connectivity index (χ1n) is 6.79. The highest BCUT2D eigenvalue weighted by Gasteiger charge is 2.35. The van der Waals surface area contributed by atoms with Crippen molar-refractivity contribution in [2.24, 2.45) is 5.92 Å². The van der Waals surface area contributed by atoms with Crippen LogP contribution in [0.25, 0.3) is 0 Å². The molecule has 2 unspecified atom stereocenters. The topological polar surface area (TPSA) is 41.6 Å². The molecule has 2 atom stereocenters. The second kappa shape index (κ2) is 6.17. The summed E-state index contributed by atoms with van der Waals surface area (Å²) in [7, 11) is 1.83. The van der Waals surface area contributed by atoms with Gasteiger partial charge >= 0.3 is 0 Å². The second-order valence-electron chi connectivity index (χ2n) is 5.04. The van der Waals surface area contributed by atoms with Crippen LogP contribution in [0.4, 0.5) is 5.69 Å². The van der Waals surface area contributed by atoms with Crippen molar-refractivity contribution < 1.29 is 9.53 Å². The number of hydrogen-bond acceptors (Lipinski definition) is 3. The molecule has 4 heteroatoms. The number of likely N-dealkylation sites (N-methyl/N-ethyl adjacent to an activating group) is 1. The summed E-state index contributed by atoms with van der Waals surface area (Å²) in [5.41, 5.74) is 2.12. The molecule has 0 saturated carbocycles. The number of amides is 1. The molecule has 4 nitrogen and oxygen atoms in total. The predicted molar refractivity (Wildman–Crippen MR) is 76.4 cm³/mol. The van der Waals surface area contributed by atoms with Crippen LogP contribution in [0.2, 0.25) is 0 Å². The zero-order valence-corrected chi connectivity index (χ0v) is 11.8. The number of hydrogen-bond donors (Lipinski definition) is 1. The van der Waals surface area contributed by atoms with E-state index in [9.17, 15) is 4.79 Å². The summed E-state index contributed by atoms with van der Waals surface area (Å²) >= 11 is 0. The highest BCUT2D eigenvalue weighted by molar-refractivity contribution is 5.95. The molecule has 19 heavy (non-hydrogen) atoms. The molecule has 0 spiro atoms. The maximum absolute atomic E-state index is 12.5. The van der Waals surface area contributed by atoms with Crippen molar-refractivity contribution in [3.63, 3.8) is 0 Å². The summed E-state index contributed by atoms with van der Waals surface area (Å²) in [6.07, 6.45) is 0. The number of rotatable bonds is 4. The van der Waals surface area contributed by atoms with Crippen LogP contribution < -0.4 is 10.2 Å². The van der Waals surface area contributed by atoms with Gasteiger partial charge in [-0.2, -0.15) is 0 Å². The molecule has 1 aliphatic rings. The molecule has 1 aromatic carbocycles. The van der Waals surface area contributed by atoms with Crippen LogP contribution >= 0.6 is 0 Å². The van der Waals surface area contributed by atoms with E-state index in [1.807, 2.05) is 45.2 Å². The predicted octanol–water partition coefficient (Wildman–Crippen LogP) is 1.58. The average molecular weight is 262 g/mol. The maximum atomic E-state index is 12.5. The van der Waals surface area contributed by atoms with Crippen molar-refractivity contribution in [2.75, 3.05) is 31.7 Å². The molecule has 0 aliphatic carbocycles. The summed E-state index contributed by atoms with van der Waals surface area (Å²) in [5.74, 6) is 0.0264. The lowest BCUT2D eigenvalue weighted by molar-refractivity contribution is -0.122. The van der Waals surface area contributed by atoms with Gasteiger partial charge in [-0.15, -0.1) is 0 Å². The van der Waals surface area contributed by atoms with Crippen LogP contribution in [0.3, 0.4) is 0 Å². The van der Waals surface area contributed by atoms with E-state index in [2.05, 4.69) is 5.32 Å². The molecule has 1 saturated heterocycles. The summed E-state index contributed by atoms with van der Waals surface area (Å²) in [4.78, 5) is 14.2. The van der Waals surface area contributed by atoms with E-state index < -0.39 is 0 Å². The normalized spacial score (nSPS) is 22.5. The molecule has 1 amide bonds. The van der Waals surface area contributed by atoms with Gasteiger partial charge in [0.1, 0.15) is 0 Å². The molecule has 2 rings (SSSR count). The molecule has 0 bridgehead atoms. The third kappa shape index (κ3) is 3.14. The van der Waals surface area contributed by atoms with Gasteiger partial charge in [0.25, 0.3) is 0 Å². The fourth-order valence-electron chi connectivity index (χ4n) is 2.41. The van der Waals surface area contributed by atoms with E-state index in [-0.39, 0.29) is 17.9 Å². The molecular weight excluding hydrogens is 240 g/mol. The van der Waals surface area contributed by atoms with E-state index in [4.69, 9.17) is 4.74 Å². The van der Waals surface area contributed by atoms with Crippen molar-refractivity contribution >= 4 is 11.6 Å². The van der Waals surface area contributed by atoms with Crippen LogP contribution in [0.5, 0.6) is 0 Å². The Morgan fingerprint density at radius 3 is 2.68 bits per heavy atom. The molecular formula is C15H22N2O2. The zero-order valence-electron chi connectivity index (χ0n) is 11.8. The monoisotopic (exact) mass is 262 g/mol. The molecule has 1 aromatic rings. The fourth-order valence-corrected chi connectivity index (χ4v) is 2.41. The second-order valence-corrected chi connectivity index (χ2v) is 5.04. The van der Waals surface area contributed by atoms with Crippen LogP contribution in [-0.2, 0) is 9.53 Å². The minimum absolute atomic E-state index is 0.0914. The first-order valence-corrected chi connectivity index (χ1v) is 6.79. The number of benzene rings is 1. The summed E-state index contributed by atoms with van der Waals surface area (Å²) in [6, 6.07) is 8.12. The SMILES string of the molecule is CCNC1COCC1C(=O)N(C)c1ccc(C)cc1. The minimum atomic E-state index is -0.0914. The Kier molecular flexibility index (Phi) is 4.56. The van der Waals surface area contributed by atoms with Crippen LogP contribution in [0.1, 0.15) is 12.5 Å². The Morgan fingerprint density at radius 1 is 1.37 bits per heavy atom. The van der Waals surface area contributed by atoms with Gasteiger partial charge in [-0.3, -0.25) is 4.79 Å². The van der Waals surface area contributed by atoms with Crippen molar-refractivity contribution in [3.05, 3.63) is 29.8 Å². The minimum Gasteiger partial charge on any atom is -0.379 e. The van der Waals surface area contributed by atoms with Gasteiger partial charge < -0.3 is 15.0 Å². The molecule has 0 radical (unpaired) electrons. The van der Waals surface area contributed by atoms with Gasteiger partial charge in [-0.25, -0.2) is 0 Å². The van der Waals surface area contributed by atoms with Crippen molar-refractivity contribution in [2.45, 2.75) is 19.9 Å². The third-order valence-corrected chi connectivity index (χ3v) is 3.62. The average Bonchev–Trinajstić information content (AvgIpc) is 2.87. The Morgan fingerprint density at radius 2 is 2.05 bits per heavy atom. The van der Waals surface area contributed by atoms with Gasteiger partial charge in [0.2, 0.25) is 5.91 Å². The number of anilines is 1. The van der Waals surface area contributed by atoms with Gasteiger partial charge in [0.15, 0.2) is 0 Å². The zero-order chi connectivity index (χ0) is 13.8. The largest absolute Gasteiger partial charge is 0.379 e. The van der Waals surface area contributed by atoms with Crippen LogP contribution in [0, 0.1) is 12.8 Å². The standard InChI is InChI=1S/C15H22N2O2/c1-4-16-14-10-19-9-13(14)15(18)17(3)12-7-5-11(2)6-8-12/h5-8,13-14,16H,4,9-10H2,1-3H3. The Balaban J connectivity index is 2.08. The first-order chi connectivity index (χ1) is 9.13. The van der Waals surface area contributed by atoms with E-state index in [0.717, 1.165) is 12.2 Å². The number of aryl methyl sites for hydroxylation is 1. The van der Waals surface area contributed by atoms with Crippen molar-refractivity contribution in [1.82, 2.24) is 5.32 Å². The van der Waals surface area contributed by atoms with E-state index >= 15 is 0 Å². The Hall–Kier alpha value is -1.39. The van der Waals surface area contributed by atoms with Crippen molar-refractivity contribution in [1.29, 1.82) is 0 Å². The van der Waals surface area contributed by atoms with Crippen LogP contribution in [-0.4, -0.2) is 38.8 Å². The molecule has 1 aliphatic heterocycles. The fraction of sp³-hybridized carbons (Fsp3) is 0.533. The van der Waals surface area contributed by atoms with Gasteiger partial charge in [0, 0.05) is 18.8 Å². The highest BCUT2D eigenvalue weighted by atomic mass is 16.5. The number of nitrogens with one attached hydrogen (secondary N) is 1. The third-order valence-electron chi connectivity index (χ3n) is 3.62. The Bertz CT molecular complexity index is 430. The number of ether oxygens (including phenoxy) is 1. The summed E-state index contributed by atoms with van der Waals surface area (Å²) in [6.45, 7) is 6.06. The van der Waals surface area contributed by atoms with E-state index in [1.54, 1.807) is 4.90 Å².